The molecule has 0 heterocycles. The van der Waals surface area contributed by atoms with Crippen LogP contribution in [0, 0.1) is 5.82 Å². The zero-order valence-electron chi connectivity index (χ0n) is 10.2. The molecule has 0 saturated heterocycles. The van der Waals surface area contributed by atoms with Gasteiger partial charge in [-0.2, -0.15) is 0 Å². The summed E-state index contributed by atoms with van der Waals surface area (Å²) in [7, 11) is 0. The van der Waals surface area contributed by atoms with Crippen LogP contribution < -0.4 is 4.74 Å². The lowest BCUT2D eigenvalue weighted by Crippen LogP contribution is -2.17. The molecule has 7 heteroatoms. The molecule has 0 N–H and O–H groups in total. The lowest BCUT2D eigenvalue weighted by molar-refractivity contribution is -0.274. The average Bonchev–Trinajstić information content (AvgIpc) is 2.36. The van der Waals surface area contributed by atoms with Crippen molar-refractivity contribution in [1.82, 2.24) is 0 Å². The number of benzene rings is 2. The molecule has 2 rings (SSSR count). The highest BCUT2D eigenvalue weighted by atomic mass is 35.5. The second-order valence-corrected chi connectivity index (χ2v) is 4.38. The van der Waals surface area contributed by atoms with Crippen molar-refractivity contribution in [3.05, 3.63) is 53.8 Å². The van der Waals surface area contributed by atoms with Gasteiger partial charge in [0.2, 0.25) is 0 Å². The summed E-state index contributed by atoms with van der Waals surface area (Å²) in [6.45, 7) is 0. The number of hydrogen-bond donors (Lipinski definition) is 0. The van der Waals surface area contributed by atoms with Gasteiger partial charge in [0, 0.05) is 5.56 Å². The van der Waals surface area contributed by atoms with Gasteiger partial charge in [0.25, 0.3) is 5.24 Å². The van der Waals surface area contributed by atoms with Crippen molar-refractivity contribution in [2.75, 3.05) is 0 Å². The molecule has 0 fully saturated rings. The van der Waals surface area contributed by atoms with Crippen LogP contribution in [0.5, 0.6) is 5.75 Å². The summed E-state index contributed by atoms with van der Waals surface area (Å²) in [6.07, 6.45) is -4.83. The van der Waals surface area contributed by atoms with E-state index in [1.165, 1.54) is 18.2 Å². The Hall–Kier alpha value is -2.08. The van der Waals surface area contributed by atoms with Gasteiger partial charge in [0.05, 0.1) is 0 Å². The van der Waals surface area contributed by atoms with Crippen LogP contribution in [0.3, 0.4) is 0 Å². The third-order valence-corrected chi connectivity index (χ3v) is 2.78. The maximum absolute atomic E-state index is 13.1. The SMILES string of the molecule is O=C(Cl)c1cc(F)ccc1-c1cccc(OC(F)(F)F)c1. The van der Waals surface area contributed by atoms with Crippen LogP contribution in [0.4, 0.5) is 17.6 Å². The number of carbonyl (C=O) groups is 1. The maximum Gasteiger partial charge on any atom is 0.573 e. The van der Waals surface area contributed by atoms with E-state index >= 15 is 0 Å². The van der Waals surface area contributed by atoms with E-state index in [9.17, 15) is 22.4 Å². The molecule has 2 aromatic rings. The van der Waals surface area contributed by atoms with Crippen molar-refractivity contribution in [2.24, 2.45) is 0 Å². The molecule has 110 valence electrons. The third-order valence-electron chi connectivity index (χ3n) is 2.57. The van der Waals surface area contributed by atoms with Crippen LogP contribution in [-0.4, -0.2) is 11.6 Å². The smallest absolute Gasteiger partial charge is 0.406 e. The highest BCUT2D eigenvalue weighted by molar-refractivity contribution is 6.68. The zero-order chi connectivity index (χ0) is 15.6. The molecule has 0 atom stereocenters. The van der Waals surface area contributed by atoms with Crippen molar-refractivity contribution >= 4 is 16.8 Å². The summed E-state index contributed by atoms with van der Waals surface area (Å²) < 4.78 is 53.5. The summed E-state index contributed by atoms with van der Waals surface area (Å²) in [5.74, 6) is -1.12. The highest BCUT2D eigenvalue weighted by Crippen LogP contribution is 2.30. The molecule has 0 spiro atoms. The fourth-order valence-corrected chi connectivity index (χ4v) is 1.95. The highest BCUT2D eigenvalue weighted by Gasteiger charge is 2.31. The van der Waals surface area contributed by atoms with Gasteiger partial charge in [-0.15, -0.1) is 13.2 Å². The van der Waals surface area contributed by atoms with E-state index in [-0.39, 0.29) is 16.7 Å². The number of alkyl halides is 3. The van der Waals surface area contributed by atoms with Crippen LogP contribution in [0.2, 0.25) is 0 Å². The first-order chi connectivity index (χ1) is 9.76. The van der Waals surface area contributed by atoms with E-state index < -0.39 is 23.2 Å². The summed E-state index contributed by atoms with van der Waals surface area (Å²) >= 11 is 5.36. The van der Waals surface area contributed by atoms with Crippen LogP contribution >= 0.6 is 11.6 Å². The summed E-state index contributed by atoms with van der Waals surface area (Å²) in [5.41, 5.74) is 0.325. The Balaban J connectivity index is 2.48. The molecular formula is C14H7ClF4O2. The lowest BCUT2D eigenvalue weighted by atomic mass is 10.00. The number of hydrogen-bond acceptors (Lipinski definition) is 2. The van der Waals surface area contributed by atoms with Gasteiger partial charge < -0.3 is 4.74 Å². The largest absolute Gasteiger partial charge is 0.573 e. The van der Waals surface area contributed by atoms with E-state index in [1.807, 2.05) is 0 Å². The second kappa shape index (κ2) is 5.73. The standard InChI is InChI=1S/C14H7ClF4O2/c15-13(20)12-7-9(16)4-5-11(12)8-2-1-3-10(6-8)21-14(17,18)19/h1-7H. The molecule has 0 unspecified atom stereocenters. The summed E-state index contributed by atoms with van der Waals surface area (Å²) in [6, 6.07) is 8.24. The van der Waals surface area contributed by atoms with E-state index in [0.717, 1.165) is 24.3 Å². The topological polar surface area (TPSA) is 26.3 Å². The van der Waals surface area contributed by atoms with Crippen molar-refractivity contribution < 1.29 is 27.1 Å². The van der Waals surface area contributed by atoms with Crippen molar-refractivity contribution in [3.8, 4) is 16.9 Å². The molecule has 2 aromatic carbocycles. The molecule has 2 nitrogen and oxygen atoms in total. The normalized spacial score (nSPS) is 11.3. The van der Waals surface area contributed by atoms with Crippen LogP contribution in [-0.2, 0) is 0 Å². The molecule has 21 heavy (non-hydrogen) atoms. The Morgan fingerprint density at radius 1 is 1.10 bits per heavy atom. The Morgan fingerprint density at radius 2 is 1.81 bits per heavy atom. The van der Waals surface area contributed by atoms with Crippen LogP contribution in [0.15, 0.2) is 42.5 Å². The van der Waals surface area contributed by atoms with Crippen molar-refractivity contribution in [1.29, 1.82) is 0 Å². The maximum atomic E-state index is 13.1. The van der Waals surface area contributed by atoms with Gasteiger partial charge >= 0.3 is 6.36 Å². The number of rotatable bonds is 3. The predicted octanol–water partition coefficient (Wildman–Crippen LogP) is 4.77. The minimum atomic E-state index is -4.83. The van der Waals surface area contributed by atoms with Crippen molar-refractivity contribution in [2.45, 2.75) is 6.36 Å². The van der Waals surface area contributed by atoms with Gasteiger partial charge in [0.15, 0.2) is 0 Å². The molecule has 0 bridgehead atoms. The minimum Gasteiger partial charge on any atom is -0.406 e. The number of halogens is 5. The second-order valence-electron chi connectivity index (χ2n) is 4.04. The molecule has 0 aromatic heterocycles. The minimum absolute atomic E-state index is 0.138. The third kappa shape index (κ3) is 3.95. The Labute approximate surface area is 121 Å². The molecule has 0 aliphatic rings. The first-order valence-corrected chi connectivity index (χ1v) is 5.99. The fourth-order valence-electron chi connectivity index (χ4n) is 1.79. The predicted molar refractivity (Wildman–Crippen MR) is 68.7 cm³/mol. The van der Waals surface area contributed by atoms with E-state index in [2.05, 4.69) is 4.74 Å². The zero-order valence-corrected chi connectivity index (χ0v) is 11.0. The Bertz CT molecular complexity index is 683. The number of carbonyl (C=O) groups excluding carboxylic acids is 1. The first kappa shape index (κ1) is 15.3. The van der Waals surface area contributed by atoms with Crippen LogP contribution in [0.25, 0.3) is 11.1 Å². The van der Waals surface area contributed by atoms with E-state index in [4.69, 9.17) is 11.6 Å². The summed E-state index contributed by atoms with van der Waals surface area (Å²) in [4.78, 5) is 11.3. The van der Waals surface area contributed by atoms with Crippen molar-refractivity contribution in [3.63, 3.8) is 0 Å². The summed E-state index contributed by atoms with van der Waals surface area (Å²) in [5, 5.41) is -0.911. The molecule has 0 aliphatic carbocycles. The first-order valence-electron chi connectivity index (χ1n) is 5.62. The van der Waals surface area contributed by atoms with Gasteiger partial charge in [0.1, 0.15) is 11.6 Å². The lowest BCUT2D eigenvalue weighted by Gasteiger charge is -2.11. The average molecular weight is 319 g/mol. The Morgan fingerprint density at radius 3 is 2.43 bits per heavy atom. The molecule has 0 amide bonds. The molecule has 0 aliphatic heterocycles. The molecular weight excluding hydrogens is 312 g/mol. The Kier molecular flexibility index (Phi) is 4.18. The monoisotopic (exact) mass is 318 g/mol. The van der Waals surface area contributed by atoms with Gasteiger partial charge in [-0.1, -0.05) is 18.2 Å². The number of ether oxygens (including phenoxy) is 1. The quantitative estimate of drug-likeness (QED) is 0.602. The van der Waals surface area contributed by atoms with E-state index in [0.29, 0.717) is 0 Å². The van der Waals surface area contributed by atoms with E-state index in [1.54, 1.807) is 0 Å². The fraction of sp³-hybridized carbons (Fsp3) is 0.0714. The molecule has 0 radical (unpaired) electrons. The molecule has 0 saturated carbocycles. The van der Waals surface area contributed by atoms with Gasteiger partial charge in [-0.25, -0.2) is 4.39 Å². The van der Waals surface area contributed by atoms with Crippen LogP contribution in [0.1, 0.15) is 10.4 Å². The van der Waals surface area contributed by atoms with Gasteiger partial charge in [-0.3, -0.25) is 4.79 Å². The van der Waals surface area contributed by atoms with Gasteiger partial charge in [-0.05, 0) is 47.0 Å².